The van der Waals surface area contributed by atoms with E-state index in [1.165, 1.54) is 41.9 Å². The molecule has 3 N–H and O–H groups in total. The van der Waals surface area contributed by atoms with Gasteiger partial charge in [0.1, 0.15) is 12.4 Å². The molecular formula is C28H35N3O7S. The summed E-state index contributed by atoms with van der Waals surface area (Å²) in [6, 6.07) is 17.3. The zero-order valence-electron chi connectivity index (χ0n) is 22.2. The van der Waals surface area contributed by atoms with Crippen LogP contribution in [-0.4, -0.2) is 61.3 Å². The first-order valence-corrected chi connectivity index (χ1v) is 14.0. The van der Waals surface area contributed by atoms with Gasteiger partial charge in [-0.3, -0.25) is 4.79 Å². The lowest BCUT2D eigenvalue weighted by molar-refractivity contribution is 0.0873. The van der Waals surface area contributed by atoms with Crippen molar-refractivity contribution in [3.63, 3.8) is 0 Å². The quantitative estimate of drug-likeness (QED) is 0.294. The van der Waals surface area contributed by atoms with Gasteiger partial charge in [0.05, 0.1) is 24.2 Å². The van der Waals surface area contributed by atoms with Crippen molar-refractivity contribution < 1.29 is 27.8 Å². The number of rotatable bonds is 13. The maximum absolute atomic E-state index is 13.5. The average molecular weight is 558 g/mol. The number of ether oxygens (including phenoxy) is 2. The predicted molar refractivity (Wildman–Crippen MR) is 147 cm³/mol. The van der Waals surface area contributed by atoms with Crippen molar-refractivity contribution in [1.29, 1.82) is 0 Å². The zero-order valence-corrected chi connectivity index (χ0v) is 23.1. The first kappa shape index (κ1) is 29.9. The molecule has 1 aromatic heterocycles. The number of aromatic nitrogens is 1. The number of carbonyl (C=O) groups is 1. The molecule has 0 aliphatic rings. The van der Waals surface area contributed by atoms with Crippen molar-refractivity contribution in [1.82, 2.24) is 14.6 Å². The Morgan fingerprint density at radius 1 is 1.00 bits per heavy atom. The van der Waals surface area contributed by atoms with E-state index in [0.29, 0.717) is 11.3 Å². The minimum Gasteiger partial charge on any atom is -0.497 e. The van der Waals surface area contributed by atoms with Crippen LogP contribution in [0.15, 0.2) is 82.6 Å². The van der Waals surface area contributed by atoms with Crippen molar-refractivity contribution in [3.05, 3.63) is 94.4 Å². The molecule has 11 heteroatoms. The number of alkyl carbamates (subject to hydrolysis) is 1. The van der Waals surface area contributed by atoms with Crippen molar-refractivity contribution in [2.24, 2.45) is 5.92 Å². The number of nitrogens with one attached hydrogen (secondary N) is 2. The number of sulfonamides is 1. The van der Waals surface area contributed by atoms with Crippen LogP contribution in [0.4, 0.5) is 4.79 Å². The van der Waals surface area contributed by atoms with Gasteiger partial charge < -0.3 is 24.9 Å². The third-order valence-corrected chi connectivity index (χ3v) is 7.79. The lowest BCUT2D eigenvalue weighted by Gasteiger charge is -2.30. The van der Waals surface area contributed by atoms with Gasteiger partial charge in [-0.2, -0.15) is 4.31 Å². The molecule has 2 atom stereocenters. The lowest BCUT2D eigenvalue weighted by atomic mass is 10.0. The summed E-state index contributed by atoms with van der Waals surface area (Å²) in [6.45, 7) is 3.60. The first-order chi connectivity index (χ1) is 18.6. The molecule has 3 aromatic rings. The van der Waals surface area contributed by atoms with Crippen molar-refractivity contribution in [2.45, 2.75) is 43.9 Å². The molecular weight excluding hydrogens is 522 g/mol. The summed E-state index contributed by atoms with van der Waals surface area (Å²) in [4.78, 5) is 26.5. The van der Waals surface area contributed by atoms with Gasteiger partial charge in [0.25, 0.3) is 0 Å². The lowest BCUT2D eigenvalue weighted by Crippen LogP contribution is -2.51. The second-order valence-electron chi connectivity index (χ2n) is 9.54. The predicted octanol–water partition coefficient (Wildman–Crippen LogP) is 2.93. The molecule has 0 spiro atoms. The first-order valence-electron chi connectivity index (χ1n) is 12.6. The average Bonchev–Trinajstić information content (AvgIpc) is 2.92. The topological polar surface area (TPSA) is 138 Å². The van der Waals surface area contributed by atoms with Crippen molar-refractivity contribution in [3.8, 4) is 5.75 Å². The van der Waals surface area contributed by atoms with Crippen LogP contribution in [0.25, 0.3) is 0 Å². The Balaban J connectivity index is 1.79. The van der Waals surface area contributed by atoms with E-state index in [4.69, 9.17) is 9.47 Å². The Morgan fingerprint density at radius 3 is 2.28 bits per heavy atom. The van der Waals surface area contributed by atoms with Crippen LogP contribution in [0.1, 0.15) is 25.0 Å². The van der Waals surface area contributed by atoms with Crippen LogP contribution in [0.2, 0.25) is 0 Å². The molecule has 0 bridgehead atoms. The molecule has 0 fully saturated rings. The summed E-state index contributed by atoms with van der Waals surface area (Å²) in [5, 5.41) is 14.0. The van der Waals surface area contributed by atoms with Gasteiger partial charge in [-0.15, -0.1) is 0 Å². The molecule has 3 rings (SSSR count). The van der Waals surface area contributed by atoms with Crippen LogP contribution in [0, 0.1) is 5.92 Å². The highest BCUT2D eigenvalue weighted by molar-refractivity contribution is 7.89. The number of H-pyrrole nitrogens is 1. The largest absolute Gasteiger partial charge is 0.497 e. The Hall–Kier alpha value is -3.67. The van der Waals surface area contributed by atoms with E-state index in [-0.39, 0.29) is 42.5 Å². The Morgan fingerprint density at radius 2 is 1.69 bits per heavy atom. The maximum Gasteiger partial charge on any atom is 0.407 e. The van der Waals surface area contributed by atoms with Crippen LogP contribution < -0.4 is 15.6 Å². The number of methoxy groups -OCH3 is 1. The Kier molecular flexibility index (Phi) is 10.7. The summed E-state index contributed by atoms with van der Waals surface area (Å²) in [5.41, 5.74) is 1.15. The number of carbonyl (C=O) groups excluding carboxylic acids is 1. The standard InChI is InChI=1S/C28H35N3O7S/c1-20(2)17-31(39(35,36)24-12-10-23(37-3)11-13-24)18-26(32)25(15-21-7-5-4-6-8-21)30-28(34)38-19-22-9-14-27(33)29-16-22/h4-14,16,20,25-26,32H,15,17-19H2,1-3H3,(H,29,33)(H,30,34). The smallest absolute Gasteiger partial charge is 0.407 e. The number of amides is 1. The van der Waals surface area contributed by atoms with Crippen LogP contribution in [0.5, 0.6) is 5.75 Å². The van der Waals surface area contributed by atoms with Crippen LogP contribution >= 0.6 is 0 Å². The second kappa shape index (κ2) is 13.9. The number of hydrogen-bond acceptors (Lipinski definition) is 7. The molecule has 2 aromatic carbocycles. The number of pyridine rings is 1. The van der Waals surface area contributed by atoms with E-state index in [1.54, 1.807) is 12.1 Å². The maximum atomic E-state index is 13.5. The molecule has 1 heterocycles. The molecule has 2 unspecified atom stereocenters. The van der Waals surface area contributed by atoms with E-state index in [0.717, 1.165) is 5.56 Å². The van der Waals surface area contributed by atoms with Gasteiger partial charge in [0.15, 0.2) is 0 Å². The highest BCUT2D eigenvalue weighted by Gasteiger charge is 2.31. The van der Waals surface area contributed by atoms with Crippen molar-refractivity contribution >= 4 is 16.1 Å². The normalized spacial score (nSPS) is 13.2. The summed E-state index contributed by atoms with van der Waals surface area (Å²) in [5.74, 6) is 0.505. The summed E-state index contributed by atoms with van der Waals surface area (Å²) in [7, 11) is -2.46. The minimum atomic E-state index is -3.96. The highest BCUT2D eigenvalue weighted by Crippen LogP contribution is 2.21. The molecule has 210 valence electrons. The van der Waals surface area contributed by atoms with Gasteiger partial charge in [-0.25, -0.2) is 13.2 Å². The highest BCUT2D eigenvalue weighted by atomic mass is 32.2. The molecule has 0 aliphatic carbocycles. The number of hydrogen-bond donors (Lipinski definition) is 3. The van der Waals surface area contributed by atoms with Gasteiger partial charge in [-0.05, 0) is 48.2 Å². The number of aliphatic hydroxyl groups is 1. The Labute approximate surface area is 228 Å². The number of aliphatic hydroxyl groups excluding tert-OH is 1. The zero-order chi connectivity index (χ0) is 28.4. The number of benzene rings is 2. The molecule has 0 saturated carbocycles. The summed E-state index contributed by atoms with van der Waals surface area (Å²) < 4.78 is 38.7. The molecule has 0 saturated heterocycles. The van der Waals surface area contributed by atoms with E-state index < -0.39 is 28.3 Å². The fraction of sp³-hybridized carbons (Fsp3) is 0.357. The van der Waals surface area contributed by atoms with E-state index in [2.05, 4.69) is 10.3 Å². The van der Waals surface area contributed by atoms with Gasteiger partial charge in [0, 0.05) is 30.9 Å². The van der Waals surface area contributed by atoms with Gasteiger partial charge >= 0.3 is 6.09 Å². The van der Waals surface area contributed by atoms with Crippen LogP contribution in [0.3, 0.4) is 0 Å². The molecule has 0 radical (unpaired) electrons. The van der Waals surface area contributed by atoms with E-state index >= 15 is 0 Å². The summed E-state index contributed by atoms with van der Waals surface area (Å²) >= 11 is 0. The van der Waals surface area contributed by atoms with E-state index in [9.17, 15) is 23.1 Å². The Bertz CT molecular complexity index is 1340. The fourth-order valence-electron chi connectivity index (χ4n) is 3.94. The minimum absolute atomic E-state index is 0.0203. The molecule has 39 heavy (non-hydrogen) atoms. The molecule has 0 aliphatic heterocycles. The van der Waals surface area contributed by atoms with Gasteiger partial charge in [0.2, 0.25) is 15.6 Å². The third-order valence-electron chi connectivity index (χ3n) is 5.94. The summed E-state index contributed by atoms with van der Waals surface area (Å²) in [6.07, 6.45) is -0.347. The monoisotopic (exact) mass is 557 g/mol. The number of aromatic amines is 1. The fourth-order valence-corrected chi connectivity index (χ4v) is 5.56. The number of nitrogens with zero attached hydrogens (tertiary/aromatic N) is 1. The SMILES string of the molecule is COc1ccc(S(=O)(=O)N(CC(C)C)CC(O)C(Cc2ccccc2)NC(=O)OCc2ccc(=O)[nH]c2)cc1. The molecule has 10 nitrogen and oxygen atoms in total. The van der Waals surface area contributed by atoms with Gasteiger partial charge in [-0.1, -0.05) is 44.2 Å². The second-order valence-corrected chi connectivity index (χ2v) is 11.5. The third kappa shape index (κ3) is 8.95. The van der Waals surface area contributed by atoms with E-state index in [1.807, 2.05) is 44.2 Å². The van der Waals surface area contributed by atoms with Crippen LogP contribution in [-0.2, 0) is 27.8 Å². The molecule has 1 amide bonds. The van der Waals surface area contributed by atoms with Crippen molar-refractivity contribution in [2.75, 3.05) is 20.2 Å².